The number of carbonyl (C=O) groups excluding carboxylic acids is 2. The molecule has 0 aliphatic rings. The van der Waals surface area contributed by atoms with Gasteiger partial charge in [-0.15, -0.1) is 0 Å². The summed E-state index contributed by atoms with van der Waals surface area (Å²) in [4.78, 5) is 29.0. The minimum atomic E-state index is -0.247. The fraction of sp³-hybridized carbons (Fsp3) is 0.0385. The summed E-state index contributed by atoms with van der Waals surface area (Å²) in [7, 11) is 0. The molecule has 0 radical (unpaired) electrons. The number of rotatable bonds is 6. The maximum atomic E-state index is 12.6. The summed E-state index contributed by atoms with van der Waals surface area (Å²) >= 11 is 0. The number of anilines is 1. The molecular weight excluding hydrogens is 386 g/mol. The van der Waals surface area contributed by atoms with Crippen LogP contribution in [0.4, 0.5) is 5.69 Å². The molecule has 152 valence electrons. The second kappa shape index (κ2) is 9.50. The minimum absolute atomic E-state index is 0.173. The third-order valence-corrected chi connectivity index (χ3v) is 4.88. The van der Waals surface area contributed by atoms with Crippen LogP contribution in [-0.4, -0.2) is 16.8 Å². The average molecular weight is 407 g/mol. The van der Waals surface area contributed by atoms with Crippen molar-refractivity contribution in [1.82, 2.24) is 10.3 Å². The maximum Gasteiger partial charge on any atom is 0.257 e. The third-order valence-electron chi connectivity index (χ3n) is 4.88. The van der Waals surface area contributed by atoms with Crippen LogP contribution in [-0.2, 0) is 6.54 Å². The topological polar surface area (TPSA) is 71.1 Å². The molecule has 0 unspecified atom stereocenters. The zero-order valence-corrected chi connectivity index (χ0v) is 16.8. The van der Waals surface area contributed by atoms with Crippen LogP contribution in [0.25, 0.3) is 11.1 Å². The van der Waals surface area contributed by atoms with Gasteiger partial charge < -0.3 is 10.6 Å². The lowest BCUT2D eigenvalue weighted by Gasteiger charge is -2.12. The number of hydrogen-bond acceptors (Lipinski definition) is 3. The van der Waals surface area contributed by atoms with Crippen molar-refractivity contribution >= 4 is 17.5 Å². The van der Waals surface area contributed by atoms with Gasteiger partial charge in [0, 0.05) is 30.2 Å². The molecule has 1 aromatic heterocycles. The Morgan fingerprint density at radius 3 is 2.13 bits per heavy atom. The highest BCUT2D eigenvalue weighted by atomic mass is 16.2. The Morgan fingerprint density at radius 1 is 0.677 bits per heavy atom. The van der Waals surface area contributed by atoms with E-state index in [0.29, 0.717) is 23.4 Å². The number of amides is 2. The van der Waals surface area contributed by atoms with E-state index in [1.165, 1.54) is 6.20 Å². The fourth-order valence-corrected chi connectivity index (χ4v) is 3.21. The first-order valence-corrected chi connectivity index (χ1v) is 9.94. The summed E-state index contributed by atoms with van der Waals surface area (Å²) in [5.74, 6) is -0.420. The molecule has 31 heavy (non-hydrogen) atoms. The lowest BCUT2D eigenvalue weighted by Crippen LogP contribution is -2.24. The van der Waals surface area contributed by atoms with Gasteiger partial charge in [0.25, 0.3) is 11.8 Å². The third kappa shape index (κ3) is 5.03. The Labute approximate surface area is 180 Å². The number of nitrogens with zero attached hydrogens (tertiary/aromatic N) is 1. The Balaban J connectivity index is 1.41. The van der Waals surface area contributed by atoms with Crippen LogP contribution in [0.5, 0.6) is 0 Å². The Hall–Kier alpha value is -4.25. The molecule has 4 aromatic rings. The second-order valence-electron chi connectivity index (χ2n) is 6.98. The molecule has 0 saturated carbocycles. The van der Waals surface area contributed by atoms with Gasteiger partial charge in [-0.1, -0.05) is 60.7 Å². The summed E-state index contributed by atoms with van der Waals surface area (Å²) in [5, 5.41) is 5.81. The van der Waals surface area contributed by atoms with Crippen LogP contribution in [0, 0.1) is 0 Å². The zero-order valence-electron chi connectivity index (χ0n) is 16.8. The molecule has 0 bridgehead atoms. The zero-order chi connectivity index (χ0) is 21.5. The average Bonchev–Trinajstić information content (AvgIpc) is 2.84. The van der Waals surface area contributed by atoms with Gasteiger partial charge in [0.2, 0.25) is 0 Å². The molecule has 0 saturated heterocycles. The number of nitrogens with one attached hydrogen (secondary N) is 2. The predicted molar refractivity (Wildman–Crippen MR) is 122 cm³/mol. The standard InChI is InChI=1S/C26H21N3O2/c30-25(21-14-12-20(13-15-21)19-7-2-1-3-8-19)28-18-22-9-4-5-11-24(22)29-26(31)23-10-6-16-27-17-23/h1-17H,18H2,(H,28,30)(H,29,31). The van der Waals surface area contributed by atoms with E-state index < -0.39 is 0 Å². The van der Waals surface area contributed by atoms with Gasteiger partial charge in [-0.05, 0) is 47.0 Å². The smallest absolute Gasteiger partial charge is 0.257 e. The maximum absolute atomic E-state index is 12.6. The van der Waals surface area contributed by atoms with Crippen molar-refractivity contribution in [3.63, 3.8) is 0 Å². The van der Waals surface area contributed by atoms with Crippen molar-refractivity contribution in [1.29, 1.82) is 0 Å². The largest absolute Gasteiger partial charge is 0.348 e. The fourth-order valence-electron chi connectivity index (χ4n) is 3.21. The first-order chi connectivity index (χ1) is 15.2. The van der Waals surface area contributed by atoms with E-state index in [4.69, 9.17) is 0 Å². The van der Waals surface area contributed by atoms with Gasteiger partial charge in [0.15, 0.2) is 0 Å². The van der Waals surface area contributed by atoms with Crippen molar-refractivity contribution < 1.29 is 9.59 Å². The normalized spacial score (nSPS) is 10.3. The van der Waals surface area contributed by atoms with Crippen LogP contribution in [0.15, 0.2) is 103 Å². The van der Waals surface area contributed by atoms with Crippen molar-refractivity contribution in [2.75, 3.05) is 5.32 Å². The molecule has 0 aliphatic heterocycles. The summed E-state index contributed by atoms with van der Waals surface area (Å²) in [6.45, 7) is 0.294. The number of para-hydroxylation sites is 1. The summed E-state index contributed by atoms with van der Waals surface area (Å²) in [5.41, 5.74) is 4.68. The molecule has 0 spiro atoms. The summed E-state index contributed by atoms with van der Waals surface area (Å²) in [6.07, 6.45) is 3.13. The number of benzene rings is 3. The highest BCUT2D eigenvalue weighted by molar-refractivity contribution is 6.04. The van der Waals surface area contributed by atoms with Gasteiger partial charge in [-0.2, -0.15) is 0 Å². The molecule has 0 fully saturated rings. The minimum Gasteiger partial charge on any atom is -0.348 e. The molecule has 2 amide bonds. The van der Waals surface area contributed by atoms with E-state index in [1.807, 2.05) is 78.9 Å². The first-order valence-electron chi connectivity index (χ1n) is 9.94. The van der Waals surface area contributed by atoms with Gasteiger partial charge in [-0.25, -0.2) is 0 Å². The lowest BCUT2D eigenvalue weighted by molar-refractivity contribution is 0.0950. The first kappa shape index (κ1) is 20.0. The Kier molecular flexibility index (Phi) is 6.14. The van der Waals surface area contributed by atoms with Gasteiger partial charge in [0.05, 0.1) is 5.56 Å². The molecule has 3 aromatic carbocycles. The van der Waals surface area contributed by atoms with E-state index in [2.05, 4.69) is 15.6 Å². The van der Waals surface area contributed by atoms with Crippen molar-refractivity contribution in [3.8, 4) is 11.1 Å². The van der Waals surface area contributed by atoms with Gasteiger partial charge in [0.1, 0.15) is 0 Å². The molecule has 5 heteroatoms. The molecule has 1 heterocycles. The van der Waals surface area contributed by atoms with E-state index in [9.17, 15) is 9.59 Å². The quantitative estimate of drug-likeness (QED) is 0.476. The summed E-state index contributed by atoms with van der Waals surface area (Å²) in [6, 6.07) is 28.3. The van der Waals surface area contributed by atoms with E-state index >= 15 is 0 Å². The van der Waals surface area contributed by atoms with Crippen LogP contribution in [0.2, 0.25) is 0 Å². The summed E-state index contributed by atoms with van der Waals surface area (Å²) < 4.78 is 0. The van der Waals surface area contributed by atoms with Crippen molar-refractivity contribution in [2.24, 2.45) is 0 Å². The molecule has 4 rings (SSSR count). The molecule has 5 nitrogen and oxygen atoms in total. The van der Waals surface area contributed by atoms with Crippen molar-refractivity contribution in [3.05, 3.63) is 120 Å². The SMILES string of the molecule is O=C(NCc1ccccc1NC(=O)c1cccnc1)c1ccc(-c2ccccc2)cc1. The Bertz CT molecular complexity index is 1170. The second-order valence-corrected chi connectivity index (χ2v) is 6.98. The monoisotopic (exact) mass is 407 g/mol. The number of pyridine rings is 1. The van der Waals surface area contributed by atoms with Crippen LogP contribution in [0.3, 0.4) is 0 Å². The van der Waals surface area contributed by atoms with Crippen LogP contribution in [0.1, 0.15) is 26.3 Å². The van der Waals surface area contributed by atoms with E-state index in [0.717, 1.165) is 16.7 Å². The van der Waals surface area contributed by atoms with Crippen LogP contribution < -0.4 is 10.6 Å². The highest BCUT2D eigenvalue weighted by Crippen LogP contribution is 2.20. The van der Waals surface area contributed by atoms with Gasteiger partial charge in [-0.3, -0.25) is 14.6 Å². The molecule has 0 aliphatic carbocycles. The molecule has 0 atom stereocenters. The number of hydrogen-bond donors (Lipinski definition) is 2. The predicted octanol–water partition coefficient (Wildman–Crippen LogP) is 4.93. The van der Waals surface area contributed by atoms with Gasteiger partial charge >= 0.3 is 0 Å². The lowest BCUT2D eigenvalue weighted by atomic mass is 10.0. The van der Waals surface area contributed by atoms with Crippen molar-refractivity contribution in [2.45, 2.75) is 6.54 Å². The number of aromatic nitrogens is 1. The Morgan fingerprint density at radius 2 is 1.39 bits per heavy atom. The van der Waals surface area contributed by atoms with E-state index in [-0.39, 0.29) is 11.8 Å². The number of carbonyl (C=O) groups is 2. The highest BCUT2D eigenvalue weighted by Gasteiger charge is 2.11. The van der Waals surface area contributed by atoms with E-state index in [1.54, 1.807) is 18.3 Å². The molecule has 2 N–H and O–H groups in total. The van der Waals surface area contributed by atoms with Crippen LogP contribution >= 0.6 is 0 Å². The molecular formula is C26H21N3O2.